The molecule has 15 heavy (non-hydrogen) atoms. The summed E-state index contributed by atoms with van der Waals surface area (Å²) < 4.78 is 5.16. The van der Waals surface area contributed by atoms with Crippen LogP contribution < -0.4 is 5.32 Å². The Hall–Kier alpha value is -1.83. The zero-order valence-electron chi connectivity index (χ0n) is 7.86. The second-order valence-corrected chi connectivity index (χ2v) is 3.33. The van der Waals surface area contributed by atoms with Crippen LogP contribution in [0.3, 0.4) is 0 Å². The summed E-state index contributed by atoms with van der Waals surface area (Å²) in [6.45, 7) is 0. The molecule has 1 amide bonds. The Morgan fingerprint density at radius 2 is 2.53 bits per heavy atom. The minimum absolute atomic E-state index is 0.201. The summed E-state index contributed by atoms with van der Waals surface area (Å²) in [4.78, 5) is 15.4. The molecule has 0 saturated carbocycles. The number of rotatable bonds is 3. The number of likely N-dealkylation sites (N-methyl/N-ethyl adjacent to an activating group) is 1. The Kier molecular flexibility index (Phi) is 2.68. The van der Waals surface area contributed by atoms with Gasteiger partial charge in [0.25, 0.3) is 5.91 Å². The van der Waals surface area contributed by atoms with Crippen molar-refractivity contribution in [2.45, 2.75) is 6.04 Å². The van der Waals surface area contributed by atoms with Gasteiger partial charge in [-0.25, -0.2) is 9.67 Å². The lowest BCUT2D eigenvalue weighted by molar-refractivity contribution is -0.123. The standard InChI is InChI=1S/C7H8N6OS/c1-8-7(14)6(5-2-15-12-11-5)13-4-9-3-10-13/h2-4,6H,1H3,(H,8,14). The van der Waals surface area contributed by atoms with E-state index in [0.717, 1.165) is 0 Å². The largest absolute Gasteiger partial charge is 0.357 e. The van der Waals surface area contributed by atoms with Gasteiger partial charge in [-0.3, -0.25) is 4.79 Å². The molecule has 0 spiro atoms. The van der Waals surface area contributed by atoms with Crippen LogP contribution in [0.4, 0.5) is 0 Å². The fourth-order valence-corrected chi connectivity index (χ4v) is 1.64. The van der Waals surface area contributed by atoms with Crippen molar-refractivity contribution >= 4 is 17.4 Å². The van der Waals surface area contributed by atoms with Crippen LogP contribution in [0.25, 0.3) is 0 Å². The first kappa shape index (κ1) is 9.71. The van der Waals surface area contributed by atoms with Gasteiger partial charge in [0, 0.05) is 12.4 Å². The van der Waals surface area contributed by atoms with E-state index in [9.17, 15) is 4.79 Å². The Balaban J connectivity index is 2.37. The maximum absolute atomic E-state index is 11.6. The van der Waals surface area contributed by atoms with E-state index in [4.69, 9.17) is 0 Å². The highest BCUT2D eigenvalue weighted by atomic mass is 32.1. The molecular formula is C7H8N6OS. The number of aromatic nitrogens is 5. The normalized spacial score (nSPS) is 12.3. The molecule has 1 unspecified atom stereocenters. The van der Waals surface area contributed by atoms with E-state index in [2.05, 4.69) is 25.0 Å². The van der Waals surface area contributed by atoms with Gasteiger partial charge in [0.2, 0.25) is 0 Å². The highest BCUT2D eigenvalue weighted by Crippen LogP contribution is 2.15. The predicted molar refractivity (Wildman–Crippen MR) is 52.1 cm³/mol. The lowest BCUT2D eigenvalue weighted by atomic mass is 10.2. The molecule has 0 bridgehead atoms. The minimum atomic E-state index is -0.601. The maximum atomic E-state index is 11.6. The van der Waals surface area contributed by atoms with Gasteiger partial charge >= 0.3 is 0 Å². The molecule has 78 valence electrons. The van der Waals surface area contributed by atoms with Crippen LogP contribution in [-0.2, 0) is 4.79 Å². The first-order valence-electron chi connectivity index (χ1n) is 4.15. The second kappa shape index (κ2) is 4.13. The number of nitrogens with one attached hydrogen (secondary N) is 1. The SMILES string of the molecule is CNC(=O)C(c1csnn1)n1cncn1. The topological polar surface area (TPSA) is 85.6 Å². The van der Waals surface area contributed by atoms with Crippen molar-refractivity contribution in [3.63, 3.8) is 0 Å². The number of nitrogens with zero attached hydrogens (tertiary/aromatic N) is 5. The first-order valence-corrected chi connectivity index (χ1v) is 4.99. The van der Waals surface area contributed by atoms with Crippen molar-refractivity contribution in [2.75, 3.05) is 7.05 Å². The first-order chi connectivity index (χ1) is 7.33. The van der Waals surface area contributed by atoms with Gasteiger partial charge in [-0.2, -0.15) is 5.10 Å². The van der Waals surface area contributed by atoms with Crippen LogP contribution >= 0.6 is 11.5 Å². The second-order valence-electron chi connectivity index (χ2n) is 2.72. The molecule has 0 aliphatic rings. The fraction of sp³-hybridized carbons (Fsp3) is 0.286. The van der Waals surface area contributed by atoms with E-state index in [0.29, 0.717) is 5.69 Å². The molecule has 0 fully saturated rings. The lowest BCUT2D eigenvalue weighted by Gasteiger charge is -2.11. The van der Waals surface area contributed by atoms with E-state index < -0.39 is 6.04 Å². The molecule has 1 atom stereocenters. The van der Waals surface area contributed by atoms with Gasteiger partial charge in [0.05, 0.1) is 0 Å². The third kappa shape index (κ3) is 1.84. The van der Waals surface area contributed by atoms with Crippen LogP contribution in [-0.4, -0.2) is 37.3 Å². The highest BCUT2D eigenvalue weighted by molar-refractivity contribution is 7.03. The minimum Gasteiger partial charge on any atom is -0.357 e. The summed E-state index contributed by atoms with van der Waals surface area (Å²) in [6.07, 6.45) is 2.84. The predicted octanol–water partition coefficient (Wildman–Crippen LogP) is -0.535. The Morgan fingerprint density at radius 3 is 3.07 bits per heavy atom. The van der Waals surface area contributed by atoms with E-state index in [-0.39, 0.29) is 5.91 Å². The lowest BCUT2D eigenvalue weighted by Crippen LogP contribution is -2.31. The molecule has 1 N–H and O–H groups in total. The van der Waals surface area contributed by atoms with Gasteiger partial charge < -0.3 is 5.32 Å². The third-order valence-corrected chi connectivity index (χ3v) is 2.38. The Morgan fingerprint density at radius 1 is 1.67 bits per heavy atom. The molecular weight excluding hydrogens is 216 g/mol. The highest BCUT2D eigenvalue weighted by Gasteiger charge is 2.24. The summed E-state index contributed by atoms with van der Waals surface area (Å²) in [6, 6.07) is -0.601. The molecule has 2 heterocycles. The number of hydrogen-bond donors (Lipinski definition) is 1. The van der Waals surface area contributed by atoms with Crippen LogP contribution in [0.1, 0.15) is 11.7 Å². The van der Waals surface area contributed by atoms with Crippen molar-refractivity contribution in [1.82, 2.24) is 29.7 Å². The van der Waals surface area contributed by atoms with Crippen molar-refractivity contribution in [3.8, 4) is 0 Å². The van der Waals surface area contributed by atoms with Gasteiger partial charge in [0.15, 0.2) is 6.04 Å². The van der Waals surface area contributed by atoms with Gasteiger partial charge in [-0.05, 0) is 11.5 Å². The molecule has 2 aromatic heterocycles. The van der Waals surface area contributed by atoms with Crippen molar-refractivity contribution in [2.24, 2.45) is 0 Å². The Bertz CT molecular complexity index is 390. The average Bonchev–Trinajstić information content (AvgIpc) is 2.90. The van der Waals surface area contributed by atoms with Crippen molar-refractivity contribution in [3.05, 3.63) is 23.7 Å². The van der Waals surface area contributed by atoms with E-state index in [1.54, 1.807) is 12.4 Å². The quantitative estimate of drug-likeness (QED) is 0.757. The van der Waals surface area contributed by atoms with E-state index in [1.165, 1.54) is 28.9 Å². The maximum Gasteiger partial charge on any atom is 0.251 e. The van der Waals surface area contributed by atoms with Gasteiger partial charge in [-0.15, -0.1) is 5.10 Å². The van der Waals surface area contributed by atoms with Gasteiger partial charge in [0.1, 0.15) is 18.3 Å². The van der Waals surface area contributed by atoms with E-state index in [1.807, 2.05) is 0 Å². The van der Waals surface area contributed by atoms with Crippen LogP contribution in [0.5, 0.6) is 0 Å². The molecule has 0 radical (unpaired) electrons. The zero-order valence-corrected chi connectivity index (χ0v) is 8.68. The Labute approximate surface area is 89.3 Å². The fourth-order valence-electron chi connectivity index (χ4n) is 1.17. The monoisotopic (exact) mass is 224 g/mol. The molecule has 2 rings (SSSR count). The summed E-state index contributed by atoms with van der Waals surface area (Å²) in [7, 11) is 1.56. The molecule has 0 aliphatic heterocycles. The summed E-state index contributed by atoms with van der Waals surface area (Å²) in [5.74, 6) is -0.201. The molecule has 7 nitrogen and oxygen atoms in total. The molecule has 0 aromatic carbocycles. The van der Waals surface area contributed by atoms with Crippen molar-refractivity contribution in [1.29, 1.82) is 0 Å². The molecule has 0 saturated heterocycles. The van der Waals surface area contributed by atoms with Crippen LogP contribution in [0.2, 0.25) is 0 Å². The van der Waals surface area contributed by atoms with Crippen LogP contribution in [0, 0.1) is 0 Å². The smallest absolute Gasteiger partial charge is 0.251 e. The number of hydrogen-bond acceptors (Lipinski definition) is 6. The van der Waals surface area contributed by atoms with E-state index >= 15 is 0 Å². The summed E-state index contributed by atoms with van der Waals surface area (Å²) in [5, 5.41) is 12.0. The number of amides is 1. The average molecular weight is 224 g/mol. The third-order valence-electron chi connectivity index (χ3n) is 1.85. The number of carbonyl (C=O) groups excluding carboxylic acids is 1. The van der Waals surface area contributed by atoms with Crippen LogP contribution in [0.15, 0.2) is 18.0 Å². The number of carbonyl (C=O) groups is 1. The molecule has 2 aromatic rings. The summed E-state index contributed by atoms with van der Waals surface area (Å²) >= 11 is 1.19. The van der Waals surface area contributed by atoms with Gasteiger partial charge in [-0.1, -0.05) is 4.49 Å². The molecule has 8 heteroatoms. The van der Waals surface area contributed by atoms with Crippen molar-refractivity contribution < 1.29 is 4.79 Å². The summed E-state index contributed by atoms with van der Waals surface area (Å²) in [5.41, 5.74) is 0.560. The zero-order chi connectivity index (χ0) is 10.7. The molecule has 0 aliphatic carbocycles.